The molecule has 1 heterocycles. The van der Waals surface area contributed by atoms with E-state index in [1.54, 1.807) is 11.6 Å². The van der Waals surface area contributed by atoms with Crippen molar-refractivity contribution in [2.24, 2.45) is 12.8 Å². The van der Waals surface area contributed by atoms with Crippen LogP contribution >= 0.6 is 0 Å². The topological polar surface area (TPSA) is 99.0 Å². The number of hydrogen-bond donors (Lipinski definition) is 2. The molecular weight excluding hydrogens is 198 g/mol. The zero-order chi connectivity index (χ0) is 11.6. The van der Waals surface area contributed by atoms with Gasteiger partial charge in [-0.3, -0.25) is 4.57 Å². The molecule has 1 aromatic rings. The van der Waals surface area contributed by atoms with Crippen LogP contribution in [0.2, 0.25) is 0 Å². The number of nitrogens with zero attached hydrogens (tertiary/aromatic N) is 3. The Bertz CT molecular complexity index is 366. The fourth-order valence-electron chi connectivity index (χ4n) is 1.07. The van der Waals surface area contributed by atoms with Gasteiger partial charge in [0.1, 0.15) is 0 Å². The fourth-order valence-corrected chi connectivity index (χ4v) is 1.07. The molecule has 84 valence electrons. The van der Waals surface area contributed by atoms with Gasteiger partial charge in [0.15, 0.2) is 0 Å². The zero-order valence-corrected chi connectivity index (χ0v) is 9.02. The molecule has 0 fully saturated rings. The number of nitro groups is 1. The van der Waals surface area contributed by atoms with Crippen molar-refractivity contribution in [3.05, 3.63) is 16.4 Å². The van der Waals surface area contributed by atoms with Gasteiger partial charge in [-0.05, 0) is 23.8 Å². The zero-order valence-electron chi connectivity index (χ0n) is 9.02. The van der Waals surface area contributed by atoms with Crippen molar-refractivity contribution in [1.82, 2.24) is 9.55 Å². The number of nitrogens with one attached hydrogen (secondary N) is 1. The fraction of sp³-hybridized carbons (Fsp3) is 0.625. The van der Waals surface area contributed by atoms with E-state index in [1.807, 2.05) is 13.8 Å². The molecule has 0 atom stereocenters. The molecule has 0 spiro atoms. The maximum absolute atomic E-state index is 10.6. The molecule has 0 amide bonds. The van der Waals surface area contributed by atoms with Gasteiger partial charge >= 0.3 is 5.82 Å². The Kier molecular flexibility index (Phi) is 2.94. The van der Waals surface area contributed by atoms with Gasteiger partial charge in [0.2, 0.25) is 12.1 Å². The van der Waals surface area contributed by atoms with E-state index in [0.717, 1.165) is 0 Å². The lowest BCUT2D eigenvalue weighted by molar-refractivity contribution is -0.388. The van der Waals surface area contributed by atoms with Crippen LogP contribution in [0.1, 0.15) is 13.8 Å². The van der Waals surface area contributed by atoms with Crippen LogP contribution in [0.15, 0.2) is 6.33 Å². The molecule has 0 aliphatic heterocycles. The number of aromatic nitrogens is 2. The minimum Gasteiger partial charge on any atom is -0.362 e. The van der Waals surface area contributed by atoms with Crippen LogP contribution < -0.4 is 11.1 Å². The van der Waals surface area contributed by atoms with Gasteiger partial charge in [0.25, 0.3) is 0 Å². The van der Waals surface area contributed by atoms with E-state index in [-0.39, 0.29) is 5.82 Å². The number of anilines is 1. The molecule has 0 aromatic carbocycles. The summed E-state index contributed by atoms with van der Waals surface area (Å²) in [7, 11) is 1.69. The van der Waals surface area contributed by atoms with Crippen LogP contribution in [0.4, 0.5) is 11.6 Å². The maximum Gasteiger partial charge on any atom is 0.406 e. The van der Waals surface area contributed by atoms with Crippen molar-refractivity contribution in [2.75, 3.05) is 11.9 Å². The molecule has 0 radical (unpaired) electrons. The Morgan fingerprint density at radius 3 is 2.80 bits per heavy atom. The van der Waals surface area contributed by atoms with Gasteiger partial charge in [-0.2, -0.15) is 0 Å². The van der Waals surface area contributed by atoms with Crippen LogP contribution in [0.5, 0.6) is 0 Å². The van der Waals surface area contributed by atoms with E-state index < -0.39 is 10.5 Å². The molecule has 1 rings (SSSR count). The summed E-state index contributed by atoms with van der Waals surface area (Å²) in [6, 6.07) is 0. The highest BCUT2D eigenvalue weighted by atomic mass is 16.6. The van der Waals surface area contributed by atoms with Crippen LogP contribution in [0.3, 0.4) is 0 Å². The molecule has 0 saturated heterocycles. The summed E-state index contributed by atoms with van der Waals surface area (Å²) in [5.41, 5.74) is 5.33. The van der Waals surface area contributed by atoms with Gasteiger partial charge < -0.3 is 21.2 Å². The quantitative estimate of drug-likeness (QED) is 0.559. The second-order valence-electron chi connectivity index (χ2n) is 4.13. The average molecular weight is 213 g/mol. The molecule has 1 aromatic heterocycles. The van der Waals surface area contributed by atoms with Crippen molar-refractivity contribution in [3.63, 3.8) is 0 Å². The summed E-state index contributed by atoms with van der Waals surface area (Å²) >= 11 is 0. The molecular formula is C8H15N5O2. The molecule has 7 heteroatoms. The molecule has 0 saturated carbocycles. The Labute approximate surface area is 87.4 Å². The van der Waals surface area contributed by atoms with Crippen LogP contribution in [0.25, 0.3) is 0 Å². The van der Waals surface area contributed by atoms with E-state index in [9.17, 15) is 10.1 Å². The highest BCUT2D eigenvalue weighted by Gasteiger charge is 2.21. The van der Waals surface area contributed by atoms with Gasteiger partial charge in [-0.15, -0.1) is 0 Å². The summed E-state index contributed by atoms with van der Waals surface area (Å²) in [6.45, 7) is 4.11. The van der Waals surface area contributed by atoms with E-state index >= 15 is 0 Å². The lowest BCUT2D eigenvalue weighted by atomic mass is 10.1. The first kappa shape index (κ1) is 11.4. The summed E-state index contributed by atoms with van der Waals surface area (Å²) in [6.07, 6.45) is 1.39. The molecule has 0 unspecified atom stereocenters. The molecule has 7 nitrogen and oxygen atoms in total. The van der Waals surface area contributed by atoms with Gasteiger partial charge in [-0.25, -0.2) is 0 Å². The number of nitrogens with two attached hydrogens (primary N) is 1. The van der Waals surface area contributed by atoms with Crippen molar-refractivity contribution in [1.29, 1.82) is 0 Å². The van der Waals surface area contributed by atoms with Crippen molar-refractivity contribution in [3.8, 4) is 0 Å². The number of rotatable bonds is 4. The van der Waals surface area contributed by atoms with Crippen molar-refractivity contribution in [2.45, 2.75) is 19.4 Å². The monoisotopic (exact) mass is 213 g/mol. The Balaban J connectivity index is 2.84. The van der Waals surface area contributed by atoms with Gasteiger partial charge in [-0.1, -0.05) is 0 Å². The molecule has 0 bridgehead atoms. The van der Waals surface area contributed by atoms with E-state index in [4.69, 9.17) is 5.73 Å². The SMILES string of the molecule is Cn1cnc([N+](=O)[O-])c1NCC(C)(C)N. The smallest absolute Gasteiger partial charge is 0.362 e. The highest BCUT2D eigenvalue weighted by molar-refractivity contribution is 5.52. The maximum atomic E-state index is 10.6. The third kappa shape index (κ3) is 2.91. The van der Waals surface area contributed by atoms with Gasteiger partial charge in [0.05, 0.1) is 0 Å². The van der Waals surface area contributed by atoms with Crippen molar-refractivity contribution < 1.29 is 4.92 Å². The summed E-state index contributed by atoms with van der Waals surface area (Å²) < 4.78 is 1.56. The average Bonchev–Trinajstić information content (AvgIpc) is 2.42. The predicted octanol–water partition coefficient (Wildman–Crippen LogP) is 0.477. The minimum absolute atomic E-state index is 0.179. The summed E-state index contributed by atoms with van der Waals surface area (Å²) in [5, 5.41) is 13.5. The van der Waals surface area contributed by atoms with E-state index in [1.165, 1.54) is 6.33 Å². The predicted molar refractivity (Wildman–Crippen MR) is 56.6 cm³/mol. The third-order valence-corrected chi connectivity index (χ3v) is 1.80. The summed E-state index contributed by atoms with van der Waals surface area (Å²) in [4.78, 5) is 13.8. The first-order chi connectivity index (χ1) is 6.81. The van der Waals surface area contributed by atoms with Crippen LogP contribution in [0, 0.1) is 10.1 Å². The van der Waals surface area contributed by atoms with E-state index in [2.05, 4.69) is 10.3 Å². The summed E-state index contributed by atoms with van der Waals surface area (Å²) in [5.74, 6) is 0.195. The Morgan fingerprint density at radius 1 is 1.73 bits per heavy atom. The second-order valence-corrected chi connectivity index (χ2v) is 4.13. The van der Waals surface area contributed by atoms with Crippen LogP contribution in [-0.2, 0) is 7.05 Å². The highest BCUT2D eigenvalue weighted by Crippen LogP contribution is 2.21. The molecule has 3 N–H and O–H groups in total. The molecule has 0 aliphatic carbocycles. The third-order valence-electron chi connectivity index (χ3n) is 1.80. The lowest BCUT2D eigenvalue weighted by Crippen LogP contribution is -2.40. The van der Waals surface area contributed by atoms with Crippen molar-refractivity contribution >= 4 is 11.6 Å². The second kappa shape index (κ2) is 3.85. The van der Waals surface area contributed by atoms with E-state index in [0.29, 0.717) is 12.4 Å². The standard InChI is InChI=1S/C8H15N5O2/c1-8(2,9)4-10-6-7(13(14)15)11-5-12(6)3/h5,10H,4,9H2,1-3H3. The number of hydrogen-bond acceptors (Lipinski definition) is 5. The number of imidazole rings is 1. The minimum atomic E-state index is -0.522. The lowest BCUT2D eigenvalue weighted by Gasteiger charge is -2.19. The molecule has 0 aliphatic rings. The van der Waals surface area contributed by atoms with Gasteiger partial charge in [0, 0.05) is 19.1 Å². The number of aryl methyl sites for hydroxylation is 1. The first-order valence-corrected chi connectivity index (χ1v) is 4.50. The normalized spacial score (nSPS) is 11.5. The largest absolute Gasteiger partial charge is 0.406 e. The molecule has 15 heavy (non-hydrogen) atoms. The Morgan fingerprint density at radius 2 is 2.33 bits per heavy atom. The first-order valence-electron chi connectivity index (χ1n) is 4.50. The Hall–Kier alpha value is -1.63. The van der Waals surface area contributed by atoms with Crippen LogP contribution in [-0.4, -0.2) is 26.6 Å².